The fraction of sp³-hybridized carbons (Fsp3) is 0.788. The first-order chi connectivity index (χ1) is 26.4. The predicted molar refractivity (Wildman–Crippen MR) is 199 cm³/mol. The van der Waals surface area contributed by atoms with Crippen LogP contribution in [0.5, 0.6) is 0 Å². The Morgan fingerprint density at radius 3 is 1.82 bits per heavy atom. The van der Waals surface area contributed by atoms with Crippen LogP contribution in [0.1, 0.15) is 89.5 Å². The lowest BCUT2D eigenvalue weighted by molar-refractivity contribution is -0.213. The lowest BCUT2D eigenvalue weighted by Gasteiger charge is -2.44. The summed E-state index contributed by atoms with van der Waals surface area (Å²) >= 11 is 0. The maximum absolute atomic E-state index is 13.0. The maximum Gasteiger partial charge on any atom is 0.472 e. The van der Waals surface area contributed by atoms with Crippen molar-refractivity contribution in [3.63, 3.8) is 0 Å². The molecule has 1 aromatic carbocycles. The summed E-state index contributed by atoms with van der Waals surface area (Å²) in [5.74, 6) is 0. The van der Waals surface area contributed by atoms with E-state index in [9.17, 15) is 58.3 Å². The van der Waals surface area contributed by atoms with Crippen LogP contribution in [0.15, 0.2) is 30.3 Å². The van der Waals surface area contributed by atoms with Crippen LogP contribution in [-0.4, -0.2) is 122 Å². The van der Waals surface area contributed by atoms with Crippen LogP contribution in [0.4, 0.5) is 4.79 Å². The maximum atomic E-state index is 13.0. The molecule has 0 aliphatic heterocycles. The van der Waals surface area contributed by atoms with Crippen LogP contribution < -0.4 is 5.32 Å². The van der Waals surface area contributed by atoms with Gasteiger partial charge in [-0.2, -0.15) is 0 Å². The molecule has 0 aromatic heterocycles. The average molecular weight is 868 g/mol. The van der Waals surface area contributed by atoms with E-state index in [0.29, 0.717) is 19.6 Å². The smallest absolute Gasteiger partial charge is 0.445 e. The van der Waals surface area contributed by atoms with Crippen molar-refractivity contribution in [1.29, 1.82) is 0 Å². The van der Waals surface area contributed by atoms with Gasteiger partial charge in [-0.1, -0.05) is 95.0 Å². The fourth-order valence-electron chi connectivity index (χ4n) is 5.71. The van der Waals surface area contributed by atoms with Crippen LogP contribution in [0, 0.1) is 0 Å². The first kappa shape index (κ1) is 50.8. The Balaban J connectivity index is 1.81. The van der Waals surface area contributed by atoms with Gasteiger partial charge in [0, 0.05) is 19.8 Å². The second-order valence-corrected chi connectivity index (χ2v) is 17.2. The third-order valence-corrected chi connectivity index (χ3v) is 10.6. The molecule has 8 atom stereocenters. The van der Waals surface area contributed by atoms with Gasteiger partial charge in [-0.05, 0) is 24.8 Å². The Labute approximate surface area is 327 Å². The van der Waals surface area contributed by atoms with Gasteiger partial charge in [-0.3, -0.25) is 18.1 Å². The number of carbonyl (C=O) groups is 1. The molecule has 23 heteroatoms. The van der Waals surface area contributed by atoms with Crippen LogP contribution in [0.25, 0.3) is 0 Å². The summed E-state index contributed by atoms with van der Waals surface area (Å²) in [5, 5.41) is 34.4. The topological polar surface area (TPSA) is 307 Å². The van der Waals surface area contributed by atoms with Crippen molar-refractivity contribution in [2.45, 2.75) is 133 Å². The highest BCUT2D eigenvalue weighted by Crippen LogP contribution is 2.51. The molecule has 0 saturated heterocycles. The van der Waals surface area contributed by atoms with Crippen LogP contribution in [0.3, 0.4) is 0 Å². The molecule has 1 aromatic rings. The van der Waals surface area contributed by atoms with Gasteiger partial charge in [0.25, 0.3) is 0 Å². The second-order valence-electron chi connectivity index (χ2n) is 13.4. The lowest BCUT2D eigenvalue weighted by Crippen LogP contribution is -2.65. The van der Waals surface area contributed by atoms with E-state index in [4.69, 9.17) is 23.3 Å². The van der Waals surface area contributed by atoms with E-state index in [-0.39, 0.29) is 19.8 Å². The Kier molecular flexibility index (Phi) is 24.2. The number of rotatable bonds is 30. The first-order valence-corrected chi connectivity index (χ1v) is 23.3. The molecule has 1 aliphatic carbocycles. The molecule has 0 bridgehead atoms. The Hall–Kier alpha value is -1.38. The number of aliphatic hydroxyl groups excluding tert-OH is 3. The predicted octanol–water partition coefficient (Wildman–Crippen LogP) is 3.57. The zero-order chi connectivity index (χ0) is 41.6. The van der Waals surface area contributed by atoms with Crippen molar-refractivity contribution >= 4 is 29.6 Å². The van der Waals surface area contributed by atoms with Crippen molar-refractivity contribution in [2.24, 2.45) is 0 Å². The average Bonchev–Trinajstić information content (AvgIpc) is 3.13. The number of carbonyl (C=O) groups excluding carboxylic acids is 1. The summed E-state index contributed by atoms with van der Waals surface area (Å²) in [6.07, 6.45) is -4.68. The van der Waals surface area contributed by atoms with Crippen molar-refractivity contribution in [2.75, 3.05) is 33.0 Å². The van der Waals surface area contributed by atoms with Crippen molar-refractivity contribution < 1.29 is 90.6 Å². The van der Waals surface area contributed by atoms with Gasteiger partial charge < -0.3 is 59.3 Å². The fourth-order valence-corrected chi connectivity index (χ4v) is 7.80. The first-order valence-electron chi connectivity index (χ1n) is 18.7. The summed E-state index contributed by atoms with van der Waals surface area (Å²) in [6.45, 7) is 2.87. The van der Waals surface area contributed by atoms with E-state index in [1.165, 1.54) is 0 Å². The van der Waals surface area contributed by atoms with Gasteiger partial charge in [-0.25, -0.2) is 18.5 Å². The quantitative estimate of drug-likeness (QED) is 0.0394. The minimum atomic E-state index is -5.54. The van der Waals surface area contributed by atoms with Crippen molar-refractivity contribution in [1.82, 2.24) is 5.32 Å². The molecular weight excluding hydrogens is 807 g/mol. The molecule has 2 rings (SSSR count). The van der Waals surface area contributed by atoms with E-state index in [1.807, 2.05) is 30.3 Å². The molecule has 326 valence electrons. The standard InChI is InChI=1S/C33H60NO19P3/c1-2-3-4-5-10-16-21-48-26(23-47-20-15-9-7-6-8-14-19-34-33(38)49-22-25-17-12-11-13-18-25)24-50-56(45,46)53-30-27(35)28(36)31(51-54(39,40)41)32(29(30)37)52-55(42,43)44/h11-13,17-18,26-32,35-37H,2-10,14-16,19-24H2,1H3,(H,34,38)(H,45,46)(H2,39,40,41)(H2,42,43,44)/t26-,27-,28+,29+,30-,31-,32-/m1/s1. The lowest BCUT2D eigenvalue weighted by atomic mass is 9.85. The van der Waals surface area contributed by atoms with E-state index in [2.05, 4.69) is 21.3 Å². The molecule has 1 amide bonds. The molecule has 1 saturated carbocycles. The van der Waals surface area contributed by atoms with Crippen LogP contribution in [-0.2, 0) is 52.6 Å². The number of phosphoric acid groups is 3. The minimum absolute atomic E-state index is 0.0329. The van der Waals surface area contributed by atoms with E-state index >= 15 is 0 Å². The number of alkyl carbamates (subject to hydrolysis) is 1. The number of benzene rings is 1. The number of aliphatic hydroxyl groups is 3. The molecule has 0 heterocycles. The molecule has 1 fully saturated rings. The molecule has 0 spiro atoms. The highest BCUT2D eigenvalue weighted by molar-refractivity contribution is 7.47. The molecule has 0 radical (unpaired) electrons. The number of hydrogen-bond donors (Lipinski definition) is 9. The van der Waals surface area contributed by atoms with E-state index < -0.39 is 78.9 Å². The highest BCUT2D eigenvalue weighted by Gasteiger charge is 2.56. The van der Waals surface area contributed by atoms with Gasteiger partial charge in [0.1, 0.15) is 49.3 Å². The molecule has 1 aliphatic rings. The number of hydrogen-bond acceptors (Lipinski definition) is 14. The second kappa shape index (κ2) is 26.7. The summed E-state index contributed by atoms with van der Waals surface area (Å²) in [6, 6.07) is 9.39. The van der Waals surface area contributed by atoms with Gasteiger partial charge in [0.05, 0.1) is 13.2 Å². The van der Waals surface area contributed by atoms with Gasteiger partial charge in [0.2, 0.25) is 0 Å². The third-order valence-electron chi connectivity index (χ3n) is 8.57. The van der Waals surface area contributed by atoms with Gasteiger partial charge in [-0.15, -0.1) is 0 Å². The Bertz CT molecular complexity index is 1370. The normalized spacial score (nSPS) is 23.4. The minimum Gasteiger partial charge on any atom is -0.445 e. The number of ether oxygens (including phenoxy) is 3. The Morgan fingerprint density at radius 1 is 0.679 bits per heavy atom. The third kappa shape index (κ3) is 22.1. The van der Waals surface area contributed by atoms with Gasteiger partial charge >= 0.3 is 29.6 Å². The number of amides is 1. The molecule has 1 unspecified atom stereocenters. The van der Waals surface area contributed by atoms with E-state index in [1.54, 1.807) is 0 Å². The summed E-state index contributed by atoms with van der Waals surface area (Å²) < 4.78 is 71.3. The molecule has 9 N–H and O–H groups in total. The Morgan fingerprint density at radius 2 is 1.21 bits per heavy atom. The number of nitrogens with one attached hydrogen (secondary N) is 1. The largest absolute Gasteiger partial charge is 0.472 e. The zero-order valence-electron chi connectivity index (χ0n) is 31.6. The van der Waals surface area contributed by atoms with Gasteiger partial charge in [0.15, 0.2) is 0 Å². The molecule has 20 nitrogen and oxygen atoms in total. The van der Waals surface area contributed by atoms with Crippen molar-refractivity contribution in [3.05, 3.63) is 35.9 Å². The van der Waals surface area contributed by atoms with Crippen LogP contribution in [0.2, 0.25) is 0 Å². The van der Waals surface area contributed by atoms with E-state index in [0.717, 1.165) is 76.2 Å². The SMILES string of the molecule is CCCCCCCCO[C@H](COCCCCCCCCNC(=O)OCc1ccccc1)COP(=O)(O)O[C@@H]1[C@H](O)[C@H](O)[C@@H](OP(=O)(O)O)[C@H](OP(=O)(O)O)[C@H]1O. The monoisotopic (exact) mass is 867 g/mol. The number of unbranched alkanes of at least 4 members (excludes halogenated alkanes) is 10. The summed E-state index contributed by atoms with van der Waals surface area (Å²) in [4.78, 5) is 59.2. The highest BCUT2D eigenvalue weighted by atomic mass is 31.2. The molecular formula is C33H60NO19P3. The van der Waals surface area contributed by atoms with Crippen molar-refractivity contribution in [3.8, 4) is 0 Å². The zero-order valence-corrected chi connectivity index (χ0v) is 34.2. The molecule has 56 heavy (non-hydrogen) atoms. The summed E-state index contributed by atoms with van der Waals surface area (Å²) in [5.41, 5.74) is 0.908. The number of phosphoric ester groups is 3. The summed E-state index contributed by atoms with van der Waals surface area (Å²) in [7, 11) is -16.3. The van der Waals surface area contributed by atoms with Crippen LogP contribution >= 0.6 is 23.5 Å².